The molecule has 41 heavy (non-hydrogen) atoms. The molecule has 4 atom stereocenters. The van der Waals surface area contributed by atoms with Crippen molar-refractivity contribution in [3.63, 3.8) is 0 Å². The summed E-state index contributed by atoms with van der Waals surface area (Å²) in [6.45, 7) is 3.02. The number of rotatable bonds is 10. The van der Waals surface area contributed by atoms with Crippen molar-refractivity contribution in [2.45, 2.75) is 56.3 Å². The van der Waals surface area contributed by atoms with E-state index in [-0.39, 0.29) is 49.6 Å². The third-order valence-corrected chi connectivity index (χ3v) is 8.40. The average Bonchev–Trinajstić information content (AvgIpc) is 3.29. The summed E-state index contributed by atoms with van der Waals surface area (Å²) >= 11 is 12.4. The number of piperazine rings is 1. The molecule has 4 unspecified atom stereocenters. The predicted octanol–water partition coefficient (Wildman–Crippen LogP) is 3.52. The lowest BCUT2D eigenvalue weighted by molar-refractivity contribution is -0.139. The van der Waals surface area contributed by atoms with Crippen molar-refractivity contribution in [3.8, 4) is 0 Å². The second kappa shape index (κ2) is 13.7. The number of nitrogens with zero attached hydrogens (tertiary/aromatic N) is 2. The highest BCUT2D eigenvalue weighted by atomic mass is 35.5. The first-order valence-corrected chi connectivity index (χ1v) is 14.5. The molecule has 2 aromatic rings. The normalized spacial score (nSPS) is 22.4. The Morgan fingerprint density at radius 3 is 2.46 bits per heavy atom. The summed E-state index contributed by atoms with van der Waals surface area (Å²) in [5.41, 5.74) is 1.55. The van der Waals surface area contributed by atoms with Gasteiger partial charge in [-0.1, -0.05) is 41.4 Å². The fraction of sp³-hybridized carbons (Fsp3) is 0.517. The van der Waals surface area contributed by atoms with Gasteiger partial charge in [-0.2, -0.15) is 0 Å². The molecule has 2 saturated heterocycles. The number of amides is 2. The zero-order valence-electron chi connectivity index (χ0n) is 23.1. The summed E-state index contributed by atoms with van der Waals surface area (Å²) in [6, 6.07) is 9.24. The van der Waals surface area contributed by atoms with Crippen molar-refractivity contribution < 1.29 is 22.8 Å². The van der Waals surface area contributed by atoms with Crippen molar-refractivity contribution in [1.29, 1.82) is 0 Å². The molecule has 0 bridgehead atoms. The second-order valence-corrected chi connectivity index (χ2v) is 11.7. The van der Waals surface area contributed by atoms with Crippen molar-refractivity contribution in [3.05, 3.63) is 69.5 Å². The van der Waals surface area contributed by atoms with Crippen LogP contribution in [0, 0.1) is 5.82 Å². The van der Waals surface area contributed by atoms with Gasteiger partial charge in [0, 0.05) is 61.8 Å². The molecule has 2 fully saturated rings. The Morgan fingerprint density at radius 2 is 1.85 bits per heavy atom. The molecule has 0 spiro atoms. The van der Waals surface area contributed by atoms with Crippen molar-refractivity contribution >= 4 is 35.0 Å². The average molecular weight is 615 g/mol. The zero-order chi connectivity index (χ0) is 29.7. The van der Waals surface area contributed by atoms with Gasteiger partial charge < -0.3 is 20.9 Å². The van der Waals surface area contributed by atoms with E-state index in [1.54, 1.807) is 36.2 Å². The molecule has 0 saturated carbocycles. The minimum Gasteiger partial charge on any atom is -0.358 e. The van der Waals surface area contributed by atoms with Crippen LogP contribution in [0.3, 0.4) is 0 Å². The third-order valence-electron chi connectivity index (χ3n) is 7.82. The molecule has 7 nitrogen and oxygen atoms in total. The van der Waals surface area contributed by atoms with Gasteiger partial charge in [0.25, 0.3) is 5.92 Å². The SMILES string of the molecule is CNC(=O)C(Cc1ccc(Cl)cc1Cl)N1CCN(C(=O)C(Cc2ccc(F)cc2)NCC2CC(F)(F)CN2)C(C)C1. The van der Waals surface area contributed by atoms with Gasteiger partial charge in [-0.15, -0.1) is 0 Å². The minimum absolute atomic E-state index is 0.153. The number of carbonyl (C=O) groups is 2. The van der Waals surface area contributed by atoms with Crippen LogP contribution in [0.5, 0.6) is 0 Å². The largest absolute Gasteiger partial charge is 0.358 e. The smallest absolute Gasteiger partial charge is 0.261 e. The lowest BCUT2D eigenvalue weighted by atomic mass is 10.00. The number of likely N-dealkylation sites (N-methyl/N-ethyl adjacent to an activating group) is 1. The first kappa shape index (κ1) is 31.6. The van der Waals surface area contributed by atoms with E-state index < -0.39 is 24.0 Å². The second-order valence-electron chi connectivity index (χ2n) is 10.9. The molecule has 2 amide bonds. The Bertz CT molecular complexity index is 1220. The lowest BCUT2D eigenvalue weighted by Crippen LogP contribution is -2.62. The zero-order valence-corrected chi connectivity index (χ0v) is 24.6. The quantitative estimate of drug-likeness (QED) is 0.382. The summed E-state index contributed by atoms with van der Waals surface area (Å²) in [6.07, 6.45) is 0.361. The number of hydrogen-bond acceptors (Lipinski definition) is 5. The Morgan fingerprint density at radius 1 is 1.12 bits per heavy atom. The van der Waals surface area contributed by atoms with Crippen LogP contribution in [0.2, 0.25) is 10.0 Å². The van der Waals surface area contributed by atoms with Crippen LogP contribution in [-0.4, -0.2) is 91.5 Å². The number of carbonyl (C=O) groups excluding carboxylic acids is 2. The number of halogens is 5. The number of nitrogens with one attached hydrogen (secondary N) is 3. The van der Waals surface area contributed by atoms with Gasteiger partial charge in [-0.25, -0.2) is 13.2 Å². The van der Waals surface area contributed by atoms with Crippen LogP contribution in [0.15, 0.2) is 42.5 Å². The van der Waals surface area contributed by atoms with Crippen molar-refractivity contribution in [2.75, 3.05) is 39.8 Å². The van der Waals surface area contributed by atoms with Gasteiger partial charge in [0.2, 0.25) is 11.8 Å². The highest BCUT2D eigenvalue weighted by Gasteiger charge is 2.40. The van der Waals surface area contributed by atoms with E-state index >= 15 is 0 Å². The Balaban J connectivity index is 1.45. The topological polar surface area (TPSA) is 76.7 Å². The third kappa shape index (κ3) is 8.35. The number of alkyl halides is 2. The lowest BCUT2D eigenvalue weighted by Gasteiger charge is -2.44. The molecule has 0 aliphatic carbocycles. The van der Waals surface area contributed by atoms with E-state index in [1.807, 2.05) is 17.9 Å². The fourth-order valence-electron chi connectivity index (χ4n) is 5.58. The Labute approximate surface area is 248 Å². The Hall–Kier alpha value is -2.37. The maximum atomic E-state index is 13.8. The molecule has 2 aliphatic heterocycles. The van der Waals surface area contributed by atoms with Crippen LogP contribution >= 0.6 is 23.2 Å². The number of benzene rings is 2. The van der Waals surface area contributed by atoms with Gasteiger partial charge in [-0.05, 0) is 55.2 Å². The molecule has 4 rings (SSSR count). The standard InChI is InChI=1S/C29H36Cl2F3N5O2/c1-18-16-38(26(27(40)35-2)12-20-5-6-21(30)13-24(20)31)9-10-39(18)28(41)25(11-19-3-7-22(32)8-4-19)36-15-23-14-29(33,34)17-37-23/h3-8,13,18,23,25-26,36-37H,9-12,14-17H2,1-2H3,(H,35,40). The van der Waals surface area contributed by atoms with Gasteiger partial charge in [0.15, 0.2) is 0 Å². The van der Waals surface area contributed by atoms with Crippen molar-refractivity contribution in [1.82, 2.24) is 25.8 Å². The first-order valence-electron chi connectivity index (χ1n) is 13.7. The molecule has 3 N–H and O–H groups in total. The van der Waals surface area contributed by atoms with Crippen LogP contribution in [-0.2, 0) is 22.4 Å². The molecular formula is C29H36Cl2F3N5O2. The van der Waals surface area contributed by atoms with E-state index in [1.165, 1.54) is 12.1 Å². The van der Waals surface area contributed by atoms with Gasteiger partial charge in [0.1, 0.15) is 5.82 Å². The fourth-order valence-corrected chi connectivity index (χ4v) is 6.06. The molecule has 0 radical (unpaired) electrons. The van der Waals surface area contributed by atoms with Crippen molar-refractivity contribution in [2.24, 2.45) is 0 Å². The molecule has 12 heteroatoms. The van der Waals surface area contributed by atoms with Gasteiger partial charge in [-0.3, -0.25) is 14.5 Å². The van der Waals surface area contributed by atoms with Gasteiger partial charge >= 0.3 is 0 Å². The maximum absolute atomic E-state index is 13.8. The van der Waals surface area contributed by atoms with E-state index in [2.05, 4.69) is 16.0 Å². The molecule has 224 valence electrons. The van der Waals surface area contributed by atoms with Crippen LogP contribution in [0.1, 0.15) is 24.5 Å². The monoisotopic (exact) mass is 613 g/mol. The van der Waals surface area contributed by atoms with Crippen LogP contribution in [0.4, 0.5) is 13.2 Å². The van der Waals surface area contributed by atoms with Gasteiger partial charge in [0.05, 0.1) is 18.6 Å². The molecule has 2 aliphatic rings. The van der Waals surface area contributed by atoms with E-state index in [0.29, 0.717) is 36.1 Å². The summed E-state index contributed by atoms with van der Waals surface area (Å²) < 4.78 is 40.9. The molecule has 0 aromatic heterocycles. The van der Waals surface area contributed by atoms with E-state index in [4.69, 9.17) is 23.2 Å². The molecule has 2 heterocycles. The van der Waals surface area contributed by atoms with Crippen LogP contribution < -0.4 is 16.0 Å². The highest BCUT2D eigenvalue weighted by Crippen LogP contribution is 2.26. The summed E-state index contributed by atoms with van der Waals surface area (Å²) in [5.74, 6) is -3.47. The number of hydrogen-bond donors (Lipinski definition) is 3. The van der Waals surface area contributed by atoms with E-state index in [9.17, 15) is 22.8 Å². The summed E-state index contributed by atoms with van der Waals surface area (Å²) in [7, 11) is 1.59. The first-order chi connectivity index (χ1) is 19.5. The molecular weight excluding hydrogens is 578 g/mol. The highest BCUT2D eigenvalue weighted by molar-refractivity contribution is 6.35. The predicted molar refractivity (Wildman–Crippen MR) is 154 cm³/mol. The Kier molecular flexibility index (Phi) is 10.6. The molecule has 2 aromatic carbocycles. The summed E-state index contributed by atoms with van der Waals surface area (Å²) in [4.78, 5) is 30.6. The maximum Gasteiger partial charge on any atom is 0.261 e. The van der Waals surface area contributed by atoms with E-state index in [0.717, 1.165) is 11.1 Å². The minimum atomic E-state index is -2.77. The summed E-state index contributed by atoms with van der Waals surface area (Å²) in [5, 5.41) is 9.74. The van der Waals surface area contributed by atoms with Crippen LogP contribution in [0.25, 0.3) is 0 Å².